The molecule has 2 aromatic heterocycles. The number of hydrogen-bond acceptors (Lipinski definition) is 5. The van der Waals surface area contributed by atoms with E-state index in [-0.39, 0.29) is 11.2 Å². The van der Waals surface area contributed by atoms with Crippen molar-refractivity contribution in [2.45, 2.75) is 62.9 Å². The maximum atomic E-state index is 13.3. The van der Waals surface area contributed by atoms with E-state index in [2.05, 4.69) is 50.6 Å². The van der Waals surface area contributed by atoms with Crippen LogP contribution in [0.15, 0.2) is 53.9 Å². The lowest BCUT2D eigenvalue weighted by Crippen LogP contribution is -2.46. The van der Waals surface area contributed by atoms with Gasteiger partial charge in [-0.15, -0.1) is 10.2 Å². The van der Waals surface area contributed by atoms with E-state index in [0.717, 1.165) is 53.6 Å². The van der Waals surface area contributed by atoms with Gasteiger partial charge < -0.3 is 4.90 Å². The molecule has 0 bridgehead atoms. The molecule has 2 atom stereocenters. The average molecular weight is 436 g/mol. The fourth-order valence-electron chi connectivity index (χ4n) is 4.22. The summed E-state index contributed by atoms with van der Waals surface area (Å²) < 4.78 is 2.06. The number of likely N-dealkylation sites (tertiary alicyclic amines) is 1. The van der Waals surface area contributed by atoms with Gasteiger partial charge in [-0.2, -0.15) is 0 Å². The molecule has 3 heterocycles. The Morgan fingerprint density at radius 2 is 1.94 bits per heavy atom. The summed E-state index contributed by atoms with van der Waals surface area (Å²) in [6.07, 6.45) is 7.92. The van der Waals surface area contributed by atoms with Crippen LogP contribution in [0.25, 0.3) is 17.1 Å². The highest BCUT2D eigenvalue weighted by Crippen LogP contribution is 2.32. The maximum absolute atomic E-state index is 13.3. The van der Waals surface area contributed by atoms with Gasteiger partial charge >= 0.3 is 0 Å². The predicted octanol–water partition coefficient (Wildman–Crippen LogP) is 4.91. The molecule has 7 heteroatoms. The molecular weight excluding hydrogens is 406 g/mol. The number of aryl methyl sites for hydroxylation is 1. The second kappa shape index (κ2) is 9.64. The van der Waals surface area contributed by atoms with Crippen LogP contribution in [0.4, 0.5) is 0 Å². The molecule has 31 heavy (non-hydrogen) atoms. The lowest BCUT2D eigenvalue weighted by atomic mass is 10.00. The normalized spacial score (nSPS) is 17.5. The third-order valence-electron chi connectivity index (χ3n) is 5.94. The number of benzene rings is 1. The molecule has 1 saturated heterocycles. The molecule has 162 valence electrons. The summed E-state index contributed by atoms with van der Waals surface area (Å²) in [5.74, 6) is 0.949. The topological polar surface area (TPSA) is 63.9 Å². The van der Waals surface area contributed by atoms with Gasteiger partial charge in [-0.1, -0.05) is 36.9 Å². The van der Waals surface area contributed by atoms with E-state index in [1.807, 2.05) is 31.2 Å². The van der Waals surface area contributed by atoms with E-state index >= 15 is 0 Å². The summed E-state index contributed by atoms with van der Waals surface area (Å²) in [6, 6.07) is 12.4. The van der Waals surface area contributed by atoms with E-state index in [1.165, 1.54) is 18.2 Å². The number of aromatic nitrogens is 4. The number of pyridine rings is 1. The van der Waals surface area contributed by atoms with Gasteiger partial charge in [-0.25, -0.2) is 0 Å². The van der Waals surface area contributed by atoms with E-state index in [9.17, 15) is 4.79 Å². The van der Waals surface area contributed by atoms with Crippen LogP contribution in [0, 0.1) is 6.92 Å². The maximum Gasteiger partial charge on any atom is 0.236 e. The Kier molecular flexibility index (Phi) is 6.70. The van der Waals surface area contributed by atoms with Crippen molar-refractivity contribution in [3.05, 3.63) is 54.4 Å². The van der Waals surface area contributed by atoms with Gasteiger partial charge in [0.05, 0.1) is 10.9 Å². The second-order valence-corrected chi connectivity index (χ2v) is 9.32. The predicted molar refractivity (Wildman–Crippen MR) is 124 cm³/mol. The summed E-state index contributed by atoms with van der Waals surface area (Å²) in [5.41, 5.74) is 3.09. The van der Waals surface area contributed by atoms with Crippen molar-refractivity contribution in [1.82, 2.24) is 24.6 Å². The number of carbonyl (C=O) groups is 1. The molecule has 1 fully saturated rings. The zero-order valence-corrected chi connectivity index (χ0v) is 19.2. The molecule has 0 N–H and O–H groups in total. The van der Waals surface area contributed by atoms with Crippen LogP contribution >= 0.6 is 11.8 Å². The SMILES string of the molecule is CCC1CCCCN1C(=O)C(C)Sc1nnc(-c2ccncc2)n1-c1ccccc1C. The summed E-state index contributed by atoms with van der Waals surface area (Å²) >= 11 is 1.49. The van der Waals surface area contributed by atoms with E-state index < -0.39 is 0 Å². The fraction of sp³-hybridized carbons (Fsp3) is 0.417. The molecule has 1 aliphatic heterocycles. The lowest BCUT2D eigenvalue weighted by Gasteiger charge is -2.36. The van der Waals surface area contributed by atoms with Gasteiger partial charge in [0.2, 0.25) is 5.91 Å². The van der Waals surface area contributed by atoms with Crippen molar-refractivity contribution in [3.63, 3.8) is 0 Å². The quantitative estimate of drug-likeness (QED) is 0.515. The number of thioether (sulfide) groups is 1. The zero-order chi connectivity index (χ0) is 21.8. The molecule has 1 amide bonds. The summed E-state index contributed by atoms with van der Waals surface area (Å²) in [5, 5.41) is 9.50. The molecule has 0 saturated carbocycles. The minimum Gasteiger partial charge on any atom is -0.339 e. The zero-order valence-electron chi connectivity index (χ0n) is 18.4. The number of amides is 1. The van der Waals surface area contributed by atoms with Gasteiger partial charge in [0.25, 0.3) is 0 Å². The first kappa shape index (κ1) is 21.6. The number of piperidine rings is 1. The molecule has 0 spiro atoms. The van der Waals surface area contributed by atoms with Crippen LogP contribution in [-0.4, -0.2) is 48.4 Å². The van der Waals surface area contributed by atoms with Crippen molar-refractivity contribution in [2.24, 2.45) is 0 Å². The largest absolute Gasteiger partial charge is 0.339 e. The second-order valence-electron chi connectivity index (χ2n) is 8.01. The number of nitrogens with zero attached hydrogens (tertiary/aromatic N) is 5. The molecule has 0 aliphatic carbocycles. The Labute approximate surface area is 188 Å². The smallest absolute Gasteiger partial charge is 0.236 e. The number of para-hydroxylation sites is 1. The Hall–Kier alpha value is -2.67. The summed E-state index contributed by atoms with van der Waals surface area (Å²) in [7, 11) is 0. The molecule has 1 aromatic carbocycles. The van der Waals surface area contributed by atoms with Crippen LogP contribution in [0.5, 0.6) is 0 Å². The van der Waals surface area contributed by atoms with Gasteiger partial charge in [-0.05, 0) is 63.3 Å². The van der Waals surface area contributed by atoms with Crippen molar-refractivity contribution >= 4 is 17.7 Å². The van der Waals surface area contributed by atoms with E-state index in [0.29, 0.717) is 6.04 Å². The first-order valence-corrected chi connectivity index (χ1v) is 11.9. The van der Waals surface area contributed by atoms with Crippen molar-refractivity contribution in [3.8, 4) is 17.1 Å². The molecule has 4 rings (SSSR count). The van der Waals surface area contributed by atoms with Crippen LogP contribution in [0.1, 0.15) is 45.1 Å². The molecular formula is C24H29N5OS. The van der Waals surface area contributed by atoms with Gasteiger partial charge in [0.1, 0.15) is 0 Å². The highest BCUT2D eigenvalue weighted by molar-refractivity contribution is 8.00. The number of rotatable bonds is 6. The molecule has 3 aromatic rings. The van der Waals surface area contributed by atoms with Gasteiger partial charge in [0.15, 0.2) is 11.0 Å². The van der Waals surface area contributed by atoms with Crippen molar-refractivity contribution in [2.75, 3.05) is 6.54 Å². The third-order valence-corrected chi connectivity index (χ3v) is 6.97. The van der Waals surface area contributed by atoms with E-state index in [1.54, 1.807) is 12.4 Å². The first-order chi connectivity index (χ1) is 15.1. The Morgan fingerprint density at radius 3 is 2.68 bits per heavy atom. The highest BCUT2D eigenvalue weighted by atomic mass is 32.2. The van der Waals surface area contributed by atoms with Crippen LogP contribution in [0.3, 0.4) is 0 Å². The van der Waals surface area contributed by atoms with Crippen molar-refractivity contribution in [1.29, 1.82) is 0 Å². The highest BCUT2D eigenvalue weighted by Gasteiger charge is 2.30. The van der Waals surface area contributed by atoms with Crippen LogP contribution < -0.4 is 0 Å². The summed E-state index contributed by atoms with van der Waals surface area (Å²) in [4.78, 5) is 19.5. The third kappa shape index (κ3) is 4.51. The standard InChI is InChI=1S/C24H29N5OS/c1-4-20-10-7-8-16-28(20)23(30)18(3)31-24-27-26-22(19-12-14-25-15-13-19)29(24)21-11-6-5-9-17(21)2/h5-6,9,11-15,18,20H,4,7-8,10,16H2,1-3H3. The minimum atomic E-state index is -0.232. The van der Waals surface area contributed by atoms with Crippen LogP contribution in [-0.2, 0) is 4.79 Å². The van der Waals surface area contributed by atoms with Gasteiger partial charge in [0, 0.05) is 30.5 Å². The molecule has 2 unspecified atom stereocenters. The Morgan fingerprint density at radius 1 is 1.16 bits per heavy atom. The minimum absolute atomic E-state index is 0.196. The first-order valence-electron chi connectivity index (χ1n) is 11.0. The fourth-order valence-corrected chi connectivity index (χ4v) is 5.15. The monoisotopic (exact) mass is 435 g/mol. The average Bonchev–Trinajstić information content (AvgIpc) is 3.22. The summed E-state index contributed by atoms with van der Waals surface area (Å²) in [6.45, 7) is 7.09. The van der Waals surface area contributed by atoms with Crippen molar-refractivity contribution < 1.29 is 4.79 Å². The molecule has 6 nitrogen and oxygen atoms in total. The Bertz CT molecular complexity index is 1040. The lowest BCUT2D eigenvalue weighted by molar-refractivity contribution is -0.134. The number of carbonyl (C=O) groups excluding carboxylic acids is 1. The Balaban J connectivity index is 1.68. The number of hydrogen-bond donors (Lipinski definition) is 0. The van der Waals surface area contributed by atoms with E-state index in [4.69, 9.17) is 0 Å². The molecule has 1 aliphatic rings. The van der Waals surface area contributed by atoms with Crippen LogP contribution in [0.2, 0.25) is 0 Å². The van der Waals surface area contributed by atoms with Gasteiger partial charge in [-0.3, -0.25) is 14.3 Å². The molecule has 0 radical (unpaired) electrons.